The summed E-state index contributed by atoms with van der Waals surface area (Å²) < 4.78 is 4.97. The van der Waals surface area contributed by atoms with Crippen molar-refractivity contribution >= 4 is 17.7 Å². The molecule has 3 heteroatoms. The minimum Gasteiger partial charge on any atom is -0.466 e. The fourth-order valence-electron chi connectivity index (χ4n) is 2.10. The second-order valence-electron chi connectivity index (χ2n) is 5.04. The SMILES string of the molecule is CCCCCC(CCCCC)SCCC(=O)OCC. The van der Waals surface area contributed by atoms with Crippen LogP contribution >= 0.6 is 11.8 Å². The molecule has 0 aliphatic rings. The van der Waals surface area contributed by atoms with E-state index in [0.29, 0.717) is 13.0 Å². The van der Waals surface area contributed by atoms with Gasteiger partial charge in [-0.2, -0.15) is 11.8 Å². The van der Waals surface area contributed by atoms with Crippen molar-refractivity contribution in [1.29, 1.82) is 0 Å². The molecule has 0 saturated carbocycles. The van der Waals surface area contributed by atoms with Crippen LogP contribution in [0.2, 0.25) is 0 Å². The molecule has 114 valence electrons. The molecule has 0 bridgehead atoms. The van der Waals surface area contributed by atoms with E-state index in [-0.39, 0.29) is 5.97 Å². The summed E-state index contributed by atoms with van der Waals surface area (Å²) >= 11 is 1.98. The zero-order valence-electron chi connectivity index (χ0n) is 13.1. The fourth-order valence-corrected chi connectivity index (χ4v) is 3.38. The predicted octanol–water partition coefficient (Wildman–Crippen LogP) is 5.20. The Hall–Kier alpha value is -0.180. The van der Waals surface area contributed by atoms with Gasteiger partial charge in [-0.15, -0.1) is 0 Å². The normalized spacial score (nSPS) is 10.9. The number of rotatable bonds is 13. The molecular weight excluding hydrogens is 256 g/mol. The number of unbranched alkanes of at least 4 members (excludes halogenated alkanes) is 4. The van der Waals surface area contributed by atoms with Gasteiger partial charge in [-0.1, -0.05) is 52.4 Å². The van der Waals surface area contributed by atoms with Crippen molar-refractivity contribution in [3.8, 4) is 0 Å². The van der Waals surface area contributed by atoms with Gasteiger partial charge in [0.15, 0.2) is 0 Å². The monoisotopic (exact) mass is 288 g/mol. The Labute approximate surface area is 124 Å². The largest absolute Gasteiger partial charge is 0.466 e. The van der Waals surface area contributed by atoms with Crippen LogP contribution in [0.3, 0.4) is 0 Å². The number of hydrogen-bond acceptors (Lipinski definition) is 3. The van der Waals surface area contributed by atoms with Crippen LogP contribution in [0.4, 0.5) is 0 Å². The van der Waals surface area contributed by atoms with Crippen LogP contribution in [0.1, 0.15) is 78.6 Å². The van der Waals surface area contributed by atoms with Gasteiger partial charge in [0, 0.05) is 11.0 Å². The van der Waals surface area contributed by atoms with E-state index < -0.39 is 0 Å². The van der Waals surface area contributed by atoms with Crippen molar-refractivity contribution in [2.45, 2.75) is 83.8 Å². The summed E-state index contributed by atoms with van der Waals surface area (Å²) in [5.41, 5.74) is 0. The summed E-state index contributed by atoms with van der Waals surface area (Å²) in [6, 6.07) is 0. The summed E-state index contributed by atoms with van der Waals surface area (Å²) in [4.78, 5) is 11.3. The van der Waals surface area contributed by atoms with E-state index in [1.165, 1.54) is 51.4 Å². The van der Waals surface area contributed by atoms with Gasteiger partial charge < -0.3 is 4.74 Å². The molecule has 0 radical (unpaired) electrons. The van der Waals surface area contributed by atoms with E-state index in [1.54, 1.807) is 0 Å². The molecule has 0 heterocycles. The molecule has 0 aliphatic heterocycles. The van der Waals surface area contributed by atoms with Crippen molar-refractivity contribution < 1.29 is 9.53 Å². The summed E-state index contributed by atoms with van der Waals surface area (Å²) in [6.07, 6.45) is 11.1. The highest BCUT2D eigenvalue weighted by molar-refractivity contribution is 7.99. The first-order valence-electron chi connectivity index (χ1n) is 8.01. The first-order chi connectivity index (χ1) is 9.24. The number of esters is 1. The zero-order chi connectivity index (χ0) is 14.3. The molecule has 0 aromatic carbocycles. The van der Waals surface area contributed by atoms with Gasteiger partial charge in [-0.25, -0.2) is 0 Å². The minimum absolute atomic E-state index is 0.0455. The standard InChI is InChI=1S/C16H32O2S/c1-4-7-9-11-15(12-10-8-5-2)19-14-13-16(17)18-6-3/h15H,4-14H2,1-3H3. The molecule has 0 spiro atoms. The van der Waals surface area contributed by atoms with Crippen molar-refractivity contribution in [3.05, 3.63) is 0 Å². The second kappa shape index (κ2) is 14.2. The molecular formula is C16H32O2S. The summed E-state index contributed by atoms with van der Waals surface area (Å²) in [5, 5.41) is 0.743. The van der Waals surface area contributed by atoms with Crippen molar-refractivity contribution in [1.82, 2.24) is 0 Å². The molecule has 0 atom stereocenters. The fraction of sp³-hybridized carbons (Fsp3) is 0.938. The van der Waals surface area contributed by atoms with Crippen LogP contribution in [0, 0.1) is 0 Å². The smallest absolute Gasteiger partial charge is 0.306 e. The molecule has 0 saturated heterocycles. The molecule has 0 fully saturated rings. The van der Waals surface area contributed by atoms with E-state index in [1.807, 2.05) is 18.7 Å². The van der Waals surface area contributed by atoms with E-state index in [9.17, 15) is 4.79 Å². The minimum atomic E-state index is -0.0455. The van der Waals surface area contributed by atoms with Gasteiger partial charge in [-0.05, 0) is 19.8 Å². The molecule has 0 unspecified atom stereocenters. The maximum atomic E-state index is 11.3. The van der Waals surface area contributed by atoms with Crippen molar-refractivity contribution in [2.24, 2.45) is 0 Å². The molecule has 0 aromatic heterocycles. The summed E-state index contributed by atoms with van der Waals surface area (Å²) in [5.74, 6) is 0.873. The van der Waals surface area contributed by atoms with Gasteiger partial charge in [0.1, 0.15) is 0 Å². The lowest BCUT2D eigenvalue weighted by Gasteiger charge is -2.16. The number of thioether (sulfide) groups is 1. The van der Waals surface area contributed by atoms with Gasteiger partial charge in [-0.3, -0.25) is 4.79 Å². The van der Waals surface area contributed by atoms with Gasteiger partial charge >= 0.3 is 5.97 Å². The van der Waals surface area contributed by atoms with Crippen LogP contribution < -0.4 is 0 Å². The highest BCUT2D eigenvalue weighted by Gasteiger charge is 2.10. The Morgan fingerprint density at radius 3 is 2.05 bits per heavy atom. The van der Waals surface area contributed by atoms with Crippen LogP contribution in [-0.2, 0) is 9.53 Å². The number of carbonyl (C=O) groups is 1. The molecule has 0 aromatic rings. The lowest BCUT2D eigenvalue weighted by molar-refractivity contribution is -0.142. The molecule has 19 heavy (non-hydrogen) atoms. The van der Waals surface area contributed by atoms with Gasteiger partial charge in [0.2, 0.25) is 0 Å². The predicted molar refractivity (Wildman–Crippen MR) is 85.8 cm³/mol. The lowest BCUT2D eigenvalue weighted by Crippen LogP contribution is -2.08. The highest BCUT2D eigenvalue weighted by atomic mass is 32.2. The number of carbonyl (C=O) groups excluding carboxylic acids is 1. The molecule has 0 rings (SSSR count). The quantitative estimate of drug-likeness (QED) is 0.344. The Kier molecular flexibility index (Phi) is 14.1. The molecule has 2 nitrogen and oxygen atoms in total. The maximum Gasteiger partial charge on any atom is 0.306 e. The van der Waals surface area contributed by atoms with Crippen LogP contribution in [-0.4, -0.2) is 23.6 Å². The van der Waals surface area contributed by atoms with Crippen molar-refractivity contribution in [3.63, 3.8) is 0 Å². The van der Waals surface area contributed by atoms with Gasteiger partial charge in [0.25, 0.3) is 0 Å². The molecule has 0 amide bonds. The Morgan fingerprint density at radius 1 is 1.00 bits per heavy atom. The summed E-state index contributed by atoms with van der Waals surface area (Å²) in [7, 11) is 0. The topological polar surface area (TPSA) is 26.3 Å². The third kappa shape index (κ3) is 12.6. The van der Waals surface area contributed by atoms with Gasteiger partial charge in [0.05, 0.1) is 13.0 Å². The first-order valence-corrected chi connectivity index (χ1v) is 9.06. The van der Waals surface area contributed by atoms with E-state index in [2.05, 4.69) is 13.8 Å². The van der Waals surface area contributed by atoms with Crippen molar-refractivity contribution in [2.75, 3.05) is 12.4 Å². The average molecular weight is 288 g/mol. The van der Waals surface area contributed by atoms with E-state index in [0.717, 1.165) is 11.0 Å². The summed E-state index contributed by atoms with van der Waals surface area (Å²) in [6.45, 7) is 6.86. The van der Waals surface area contributed by atoms with E-state index >= 15 is 0 Å². The molecule has 0 N–H and O–H groups in total. The Balaban J connectivity index is 3.78. The number of ether oxygens (including phenoxy) is 1. The zero-order valence-corrected chi connectivity index (χ0v) is 13.9. The van der Waals surface area contributed by atoms with Crippen LogP contribution in [0.25, 0.3) is 0 Å². The van der Waals surface area contributed by atoms with Crippen LogP contribution in [0.15, 0.2) is 0 Å². The Morgan fingerprint density at radius 2 is 1.58 bits per heavy atom. The third-order valence-electron chi connectivity index (χ3n) is 3.22. The van der Waals surface area contributed by atoms with E-state index in [4.69, 9.17) is 4.74 Å². The number of hydrogen-bond donors (Lipinski definition) is 0. The third-order valence-corrected chi connectivity index (χ3v) is 4.61. The average Bonchev–Trinajstić information content (AvgIpc) is 2.39. The highest BCUT2D eigenvalue weighted by Crippen LogP contribution is 2.24. The molecule has 0 aliphatic carbocycles. The van der Waals surface area contributed by atoms with Crippen LogP contribution in [0.5, 0.6) is 0 Å². The lowest BCUT2D eigenvalue weighted by atomic mass is 10.1. The second-order valence-corrected chi connectivity index (χ2v) is 6.45. The first kappa shape index (κ1) is 18.8. The maximum absolute atomic E-state index is 11.3. The Bertz CT molecular complexity index is 197.